The molecular formula is C10H12N2O3. The van der Waals surface area contributed by atoms with E-state index in [0.29, 0.717) is 0 Å². The van der Waals surface area contributed by atoms with Crippen molar-refractivity contribution in [3.63, 3.8) is 0 Å². The van der Waals surface area contributed by atoms with Gasteiger partial charge in [-0.15, -0.1) is 0 Å². The molecule has 0 fully saturated rings. The summed E-state index contributed by atoms with van der Waals surface area (Å²) in [5.74, 6) is -1.39. The predicted octanol–water partition coefficient (Wildman–Crippen LogP) is 0.213. The summed E-state index contributed by atoms with van der Waals surface area (Å²) in [5.41, 5.74) is 0.825. The molecule has 0 unspecified atom stereocenters. The molecule has 0 bridgehead atoms. The van der Waals surface area contributed by atoms with Gasteiger partial charge in [-0.05, 0) is 17.7 Å². The molecule has 0 spiro atoms. The number of nitrogens with zero attached hydrogens (tertiary/aromatic N) is 1. The smallest absolute Gasteiger partial charge is 0.326 e. The van der Waals surface area contributed by atoms with Crippen LogP contribution in [0.25, 0.3) is 0 Å². The Bertz CT molecular complexity index is 351. The third-order valence-electron chi connectivity index (χ3n) is 1.86. The quantitative estimate of drug-likeness (QED) is 0.741. The first-order valence-corrected chi connectivity index (χ1v) is 4.48. The van der Waals surface area contributed by atoms with Crippen LogP contribution in [0.4, 0.5) is 0 Å². The Morgan fingerprint density at radius 3 is 2.53 bits per heavy atom. The highest BCUT2D eigenvalue weighted by Gasteiger charge is 2.18. The number of carbonyl (C=O) groups is 2. The number of aliphatic carboxylic acids is 1. The second-order valence-corrected chi connectivity index (χ2v) is 3.15. The minimum atomic E-state index is -1.04. The molecule has 1 atom stereocenters. The van der Waals surface area contributed by atoms with Crippen LogP contribution in [-0.4, -0.2) is 28.0 Å². The van der Waals surface area contributed by atoms with Gasteiger partial charge in [-0.1, -0.05) is 0 Å². The summed E-state index contributed by atoms with van der Waals surface area (Å²) < 4.78 is 0. The van der Waals surface area contributed by atoms with Gasteiger partial charge < -0.3 is 10.4 Å². The van der Waals surface area contributed by atoms with Crippen molar-refractivity contribution in [1.29, 1.82) is 0 Å². The van der Waals surface area contributed by atoms with E-state index in [4.69, 9.17) is 5.11 Å². The summed E-state index contributed by atoms with van der Waals surface area (Å²) >= 11 is 0. The fraction of sp³-hybridized carbons (Fsp3) is 0.300. The van der Waals surface area contributed by atoms with E-state index in [0.717, 1.165) is 5.56 Å². The maximum Gasteiger partial charge on any atom is 0.326 e. The largest absolute Gasteiger partial charge is 0.480 e. The fourth-order valence-corrected chi connectivity index (χ4v) is 1.20. The van der Waals surface area contributed by atoms with E-state index in [1.165, 1.54) is 6.92 Å². The first-order valence-electron chi connectivity index (χ1n) is 4.48. The molecule has 5 nitrogen and oxygen atoms in total. The highest BCUT2D eigenvalue weighted by atomic mass is 16.4. The number of amides is 1. The second kappa shape index (κ2) is 5.09. The van der Waals surface area contributed by atoms with E-state index in [-0.39, 0.29) is 12.3 Å². The molecule has 0 aliphatic rings. The fourth-order valence-electron chi connectivity index (χ4n) is 1.20. The van der Waals surface area contributed by atoms with Crippen LogP contribution in [0, 0.1) is 0 Å². The summed E-state index contributed by atoms with van der Waals surface area (Å²) in [4.78, 5) is 25.4. The molecule has 0 aliphatic heterocycles. The van der Waals surface area contributed by atoms with Crippen molar-refractivity contribution in [3.05, 3.63) is 30.1 Å². The molecule has 1 aromatic heterocycles. The van der Waals surface area contributed by atoms with Gasteiger partial charge in [0, 0.05) is 25.7 Å². The van der Waals surface area contributed by atoms with E-state index in [1.54, 1.807) is 24.5 Å². The third kappa shape index (κ3) is 3.76. The second-order valence-electron chi connectivity index (χ2n) is 3.15. The number of rotatable bonds is 4. The Morgan fingerprint density at radius 2 is 2.07 bits per heavy atom. The zero-order chi connectivity index (χ0) is 11.3. The topological polar surface area (TPSA) is 79.3 Å². The highest BCUT2D eigenvalue weighted by Crippen LogP contribution is 2.01. The Morgan fingerprint density at radius 1 is 1.47 bits per heavy atom. The van der Waals surface area contributed by atoms with E-state index >= 15 is 0 Å². The number of hydrogen-bond donors (Lipinski definition) is 2. The van der Waals surface area contributed by atoms with Crippen molar-refractivity contribution < 1.29 is 14.7 Å². The number of aromatic nitrogens is 1. The Labute approximate surface area is 87.1 Å². The van der Waals surface area contributed by atoms with Crippen molar-refractivity contribution >= 4 is 11.9 Å². The first kappa shape index (κ1) is 11.2. The normalized spacial score (nSPS) is 11.8. The van der Waals surface area contributed by atoms with E-state index in [1.807, 2.05) is 0 Å². The van der Waals surface area contributed by atoms with E-state index in [2.05, 4.69) is 10.3 Å². The van der Waals surface area contributed by atoms with Crippen molar-refractivity contribution in [2.75, 3.05) is 0 Å². The lowest BCUT2D eigenvalue weighted by molar-refractivity contribution is -0.141. The summed E-state index contributed by atoms with van der Waals surface area (Å²) in [6.07, 6.45) is 3.43. The molecule has 15 heavy (non-hydrogen) atoms. The van der Waals surface area contributed by atoms with Crippen LogP contribution < -0.4 is 5.32 Å². The average Bonchev–Trinajstić information content (AvgIpc) is 2.17. The average molecular weight is 208 g/mol. The minimum absolute atomic E-state index is 0.261. The van der Waals surface area contributed by atoms with Crippen LogP contribution in [0.5, 0.6) is 0 Å². The number of hydrogen-bond acceptors (Lipinski definition) is 3. The van der Waals surface area contributed by atoms with Crippen LogP contribution >= 0.6 is 0 Å². The molecule has 1 heterocycles. The van der Waals surface area contributed by atoms with Crippen molar-refractivity contribution in [2.24, 2.45) is 0 Å². The van der Waals surface area contributed by atoms with Crippen LogP contribution in [0.3, 0.4) is 0 Å². The van der Waals surface area contributed by atoms with Crippen LogP contribution in [0.2, 0.25) is 0 Å². The van der Waals surface area contributed by atoms with Crippen LogP contribution in [0.1, 0.15) is 12.5 Å². The first-order chi connectivity index (χ1) is 7.09. The zero-order valence-electron chi connectivity index (χ0n) is 8.30. The molecule has 1 aromatic rings. The number of nitrogens with one attached hydrogen (secondary N) is 1. The molecule has 0 aliphatic carbocycles. The number of carbonyl (C=O) groups excluding carboxylic acids is 1. The number of pyridine rings is 1. The molecule has 5 heteroatoms. The maximum absolute atomic E-state index is 10.8. The molecule has 0 saturated heterocycles. The van der Waals surface area contributed by atoms with Gasteiger partial charge in [0.05, 0.1) is 0 Å². The monoisotopic (exact) mass is 208 g/mol. The minimum Gasteiger partial charge on any atom is -0.480 e. The Kier molecular flexibility index (Phi) is 3.79. The van der Waals surface area contributed by atoms with E-state index in [9.17, 15) is 9.59 Å². The summed E-state index contributed by atoms with van der Waals surface area (Å²) in [5, 5.41) is 11.2. The van der Waals surface area contributed by atoms with Gasteiger partial charge in [0.1, 0.15) is 6.04 Å². The molecule has 1 amide bonds. The lowest BCUT2D eigenvalue weighted by Crippen LogP contribution is -2.41. The molecule has 80 valence electrons. The highest BCUT2D eigenvalue weighted by molar-refractivity contribution is 5.82. The van der Waals surface area contributed by atoms with Crippen LogP contribution in [0.15, 0.2) is 24.5 Å². The number of carboxylic acids is 1. The lowest BCUT2D eigenvalue weighted by Gasteiger charge is -2.12. The predicted molar refractivity (Wildman–Crippen MR) is 53.2 cm³/mol. The lowest BCUT2D eigenvalue weighted by atomic mass is 10.1. The van der Waals surface area contributed by atoms with Gasteiger partial charge in [-0.3, -0.25) is 9.78 Å². The standard InChI is InChI=1S/C10H12N2O3/c1-7(13)12-9(10(14)15)6-8-2-4-11-5-3-8/h2-5,9H,6H2,1H3,(H,12,13)(H,14,15)/t9-/m0/s1. The molecule has 0 saturated carbocycles. The maximum atomic E-state index is 10.8. The SMILES string of the molecule is CC(=O)N[C@@H](Cc1ccncc1)C(=O)O. The molecule has 2 N–H and O–H groups in total. The van der Waals surface area contributed by atoms with Gasteiger partial charge in [0.15, 0.2) is 0 Å². The molecule has 0 radical (unpaired) electrons. The molecule has 0 aromatic carbocycles. The Hall–Kier alpha value is -1.91. The van der Waals surface area contributed by atoms with Crippen molar-refractivity contribution in [2.45, 2.75) is 19.4 Å². The molecular weight excluding hydrogens is 196 g/mol. The van der Waals surface area contributed by atoms with Gasteiger partial charge in [0.25, 0.3) is 0 Å². The number of carboxylic acid groups (broad SMARTS) is 1. The van der Waals surface area contributed by atoms with Crippen molar-refractivity contribution in [3.8, 4) is 0 Å². The van der Waals surface area contributed by atoms with Gasteiger partial charge in [-0.25, -0.2) is 4.79 Å². The zero-order valence-corrected chi connectivity index (χ0v) is 8.30. The third-order valence-corrected chi connectivity index (χ3v) is 1.86. The molecule has 1 rings (SSSR count). The van der Waals surface area contributed by atoms with Gasteiger partial charge in [-0.2, -0.15) is 0 Å². The van der Waals surface area contributed by atoms with Crippen LogP contribution in [-0.2, 0) is 16.0 Å². The van der Waals surface area contributed by atoms with E-state index < -0.39 is 12.0 Å². The van der Waals surface area contributed by atoms with Gasteiger partial charge >= 0.3 is 5.97 Å². The van der Waals surface area contributed by atoms with Crippen molar-refractivity contribution in [1.82, 2.24) is 10.3 Å². The van der Waals surface area contributed by atoms with Gasteiger partial charge in [0.2, 0.25) is 5.91 Å². The summed E-state index contributed by atoms with van der Waals surface area (Å²) in [6.45, 7) is 1.29. The summed E-state index contributed by atoms with van der Waals surface area (Å²) in [7, 11) is 0. The Balaban J connectivity index is 2.67. The summed E-state index contributed by atoms with van der Waals surface area (Å²) in [6, 6.07) is 2.56.